The zero-order chi connectivity index (χ0) is 32.4. The van der Waals surface area contributed by atoms with Gasteiger partial charge >= 0.3 is 5.92 Å². The number of piperidine rings is 2. The number of amides is 1. The minimum atomic E-state index is -3.42. The molecule has 0 aliphatic carbocycles. The maximum absolute atomic E-state index is 14.9. The van der Waals surface area contributed by atoms with Gasteiger partial charge in [0.05, 0.1) is 37.6 Å². The highest BCUT2D eigenvalue weighted by atomic mass is 19.3. The molecular weight excluding hydrogens is 601 g/mol. The summed E-state index contributed by atoms with van der Waals surface area (Å²) in [5, 5.41) is 22.3. The molecular formula is C33H35F3N6O4. The molecule has 0 spiro atoms. The van der Waals surface area contributed by atoms with E-state index < -0.39 is 36.4 Å². The predicted octanol–water partition coefficient (Wildman–Crippen LogP) is 4.47. The van der Waals surface area contributed by atoms with Gasteiger partial charge in [-0.25, -0.2) is 23.1 Å². The predicted molar refractivity (Wildman–Crippen MR) is 162 cm³/mol. The highest BCUT2D eigenvalue weighted by Crippen LogP contribution is 2.35. The van der Waals surface area contributed by atoms with Crippen LogP contribution in [0.4, 0.5) is 24.8 Å². The highest BCUT2D eigenvalue weighted by Gasteiger charge is 2.48. The number of aliphatic hydroxyl groups excluding tert-OH is 1. The Hall–Kier alpha value is -4.25. The van der Waals surface area contributed by atoms with Crippen molar-refractivity contribution in [2.75, 3.05) is 44.7 Å². The Morgan fingerprint density at radius 1 is 1.15 bits per heavy atom. The molecule has 0 bridgehead atoms. The van der Waals surface area contributed by atoms with E-state index in [1.54, 1.807) is 0 Å². The third-order valence-corrected chi connectivity index (χ3v) is 8.89. The number of hydrogen-bond donors (Lipinski definition) is 2. The molecule has 1 aromatic heterocycles. The average Bonchev–Trinajstić information content (AvgIpc) is 3.02. The van der Waals surface area contributed by atoms with Gasteiger partial charge in [0.1, 0.15) is 23.6 Å². The number of aromatic nitrogens is 2. The van der Waals surface area contributed by atoms with Crippen molar-refractivity contribution in [1.29, 1.82) is 5.26 Å². The molecule has 3 aliphatic rings. The second-order valence-corrected chi connectivity index (χ2v) is 12.1. The van der Waals surface area contributed by atoms with Crippen LogP contribution in [0.25, 0.3) is 11.3 Å². The van der Waals surface area contributed by atoms with E-state index in [1.165, 1.54) is 30.7 Å². The number of alkyl halides is 2. The number of hydrogen-bond acceptors (Lipinski definition) is 9. The monoisotopic (exact) mass is 636 g/mol. The molecule has 0 radical (unpaired) electrons. The van der Waals surface area contributed by atoms with Gasteiger partial charge in [-0.1, -0.05) is 12.1 Å². The van der Waals surface area contributed by atoms with Gasteiger partial charge in [0, 0.05) is 24.2 Å². The van der Waals surface area contributed by atoms with E-state index in [-0.39, 0.29) is 41.5 Å². The van der Waals surface area contributed by atoms with Gasteiger partial charge in [0.25, 0.3) is 5.91 Å². The molecule has 1 unspecified atom stereocenters. The number of nitrogens with zero attached hydrogens (tertiary/aromatic N) is 5. The van der Waals surface area contributed by atoms with E-state index in [1.807, 2.05) is 18.2 Å². The number of carbonyl (C=O) groups excluding carboxylic acids is 1. The SMILES string of the molecule is C[C@H](O)C(=O)N1CCC(Oc2ccc(-c3nc(Nc4ccc(C5CCN(C6COC6)CC5)cc4)ncc3F)cc2C#N)C(F)(F)C1. The molecule has 6 rings (SSSR count). The minimum absolute atomic E-state index is 0.0372. The van der Waals surface area contributed by atoms with Gasteiger partial charge in [-0.15, -0.1) is 0 Å². The normalized spacial score (nSPS) is 21.2. The first-order valence-corrected chi connectivity index (χ1v) is 15.4. The number of anilines is 2. The lowest BCUT2D eigenvalue weighted by Crippen LogP contribution is -2.56. The van der Waals surface area contributed by atoms with Gasteiger partial charge < -0.3 is 24.8 Å². The number of benzene rings is 2. The molecule has 242 valence electrons. The molecule has 3 fully saturated rings. The molecule has 2 aromatic carbocycles. The topological polar surface area (TPSA) is 124 Å². The Morgan fingerprint density at radius 2 is 1.89 bits per heavy atom. The molecule has 10 nitrogen and oxygen atoms in total. The number of carbonyl (C=O) groups is 1. The molecule has 3 aromatic rings. The molecule has 2 N–H and O–H groups in total. The lowest BCUT2D eigenvalue weighted by molar-refractivity contribution is -0.165. The molecule has 3 saturated heterocycles. The van der Waals surface area contributed by atoms with E-state index >= 15 is 0 Å². The van der Waals surface area contributed by atoms with Crippen LogP contribution in [0.5, 0.6) is 5.75 Å². The summed E-state index contributed by atoms with van der Waals surface area (Å²) < 4.78 is 55.6. The summed E-state index contributed by atoms with van der Waals surface area (Å²) in [6, 6.07) is 14.6. The fraction of sp³-hybridized carbons (Fsp3) is 0.455. The first kappa shape index (κ1) is 31.7. The van der Waals surface area contributed by atoms with E-state index in [4.69, 9.17) is 9.47 Å². The van der Waals surface area contributed by atoms with E-state index in [9.17, 15) is 28.3 Å². The van der Waals surface area contributed by atoms with Crippen molar-refractivity contribution >= 4 is 17.5 Å². The molecule has 2 atom stereocenters. The van der Waals surface area contributed by atoms with Crippen LogP contribution in [0.3, 0.4) is 0 Å². The van der Waals surface area contributed by atoms with Crippen LogP contribution < -0.4 is 10.1 Å². The molecule has 46 heavy (non-hydrogen) atoms. The second-order valence-electron chi connectivity index (χ2n) is 12.1. The molecule has 13 heteroatoms. The highest BCUT2D eigenvalue weighted by molar-refractivity contribution is 5.80. The van der Waals surface area contributed by atoms with Crippen molar-refractivity contribution in [1.82, 2.24) is 19.8 Å². The lowest BCUT2D eigenvalue weighted by atomic mass is 9.88. The van der Waals surface area contributed by atoms with Gasteiger partial charge in [-0.05, 0) is 74.7 Å². The van der Waals surface area contributed by atoms with Crippen molar-refractivity contribution in [2.24, 2.45) is 0 Å². The number of aliphatic hydroxyl groups is 1. The minimum Gasteiger partial charge on any atom is -0.483 e. The maximum Gasteiger partial charge on any atom is 0.301 e. The fourth-order valence-corrected chi connectivity index (χ4v) is 6.17. The number of nitriles is 1. The number of nitrogens with one attached hydrogen (secondary N) is 1. The first-order valence-electron chi connectivity index (χ1n) is 15.4. The van der Waals surface area contributed by atoms with Crippen molar-refractivity contribution < 1.29 is 32.5 Å². The molecule has 0 saturated carbocycles. The van der Waals surface area contributed by atoms with Crippen LogP contribution in [0.1, 0.15) is 43.2 Å². The van der Waals surface area contributed by atoms with Crippen LogP contribution >= 0.6 is 0 Å². The number of rotatable bonds is 8. The number of halogens is 3. The van der Waals surface area contributed by atoms with Gasteiger partial charge in [0.15, 0.2) is 11.9 Å². The summed E-state index contributed by atoms with van der Waals surface area (Å²) in [4.78, 5) is 23.8. The van der Waals surface area contributed by atoms with E-state index in [0.29, 0.717) is 12.0 Å². The van der Waals surface area contributed by atoms with E-state index in [0.717, 1.165) is 55.9 Å². The molecule has 3 aliphatic heterocycles. The van der Waals surface area contributed by atoms with Gasteiger partial charge in [0.2, 0.25) is 5.95 Å². The van der Waals surface area contributed by atoms with Crippen LogP contribution in [-0.2, 0) is 9.53 Å². The molecule has 4 heterocycles. The van der Waals surface area contributed by atoms with Gasteiger partial charge in [-0.3, -0.25) is 9.69 Å². The quantitative estimate of drug-likeness (QED) is 0.369. The summed E-state index contributed by atoms with van der Waals surface area (Å²) >= 11 is 0. The summed E-state index contributed by atoms with van der Waals surface area (Å²) in [5.74, 6) is -4.39. The van der Waals surface area contributed by atoms with Crippen LogP contribution in [-0.4, -0.2) is 94.3 Å². The zero-order valence-electron chi connectivity index (χ0n) is 25.3. The Balaban J connectivity index is 1.11. The summed E-state index contributed by atoms with van der Waals surface area (Å²) in [7, 11) is 0. The number of likely N-dealkylation sites (tertiary alicyclic amines) is 2. The standard InChI is InChI=1S/C33H35F3N6O4/c1-20(43)31(44)42-13-10-29(33(35,36)19-42)46-28-7-4-23(14-24(28)15-37)30-27(34)16-38-32(40-30)39-25-5-2-21(3-6-25)22-8-11-41(12-9-22)26-17-45-18-26/h2-7,14,16,20,22,26,29,43H,8-13,17-19H2,1H3,(H,38,39,40)/t20-,29?/m0/s1. The van der Waals surface area contributed by atoms with Crippen LogP contribution in [0.2, 0.25) is 0 Å². The fourth-order valence-electron chi connectivity index (χ4n) is 6.17. The summed E-state index contributed by atoms with van der Waals surface area (Å²) in [5.41, 5.74) is 2.08. The van der Waals surface area contributed by atoms with Crippen molar-refractivity contribution in [2.45, 2.75) is 56.3 Å². The number of ether oxygens (including phenoxy) is 2. The average molecular weight is 637 g/mol. The Morgan fingerprint density at radius 3 is 2.52 bits per heavy atom. The van der Waals surface area contributed by atoms with Crippen LogP contribution in [0, 0.1) is 17.1 Å². The Bertz CT molecular complexity index is 1600. The zero-order valence-corrected chi connectivity index (χ0v) is 25.3. The van der Waals surface area contributed by atoms with Crippen molar-refractivity contribution in [3.63, 3.8) is 0 Å². The van der Waals surface area contributed by atoms with Crippen LogP contribution in [0.15, 0.2) is 48.7 Å². The Kier molecular flexibility index (Phi) is 9.13. The largest absolute Gasteiger partial charge is 0.483 e. The second kappa shape index (κ2) is 13.2. The lowest BCUT2D eigenvalue weighted by Gasteiger charge is -2.41. The summed E-state index contributed by atoms with van der Waals surface area (Å²) in [6.07, 6.45) is 0.0140. The third kappa shape index (κ3) is 6.79. The van der Waals surface area contributed by atoms with Gasteiger partial charge in [-0.2, -0.15) is 5.26 Å². The molecule has 1 amide bonds. The smallest absolute Gasteiger partial charge is 0.301 e. The summed E-state index contributed by atoms with van der Waals surface area (Å²) in [6.45, 7) is 4.05. The van der Waals surface area contributed by atoms with Crippen molar-refractivity contribution in [3.05, 3.63) is 65.6 Å². The third-order valence-electron chi connectivity index (χ3n) is 8.89. The van der Waals surface area contributed by atoms with E-state index in [2.05, 4.69) is 32.3 Å². The maximum atomic E-state index is 14.9. The Labute approximate surface area is 264 Å². The van der Waals surface area contributed by atoms with Crippen molar-refractivity contribution in [3.8, 4) is 23.1 Å². The first-order chi connectivity index (χ1) is 22.1.